The van der Waals surface area contributed by atoms with Crippen LogP contribution in [0, 0.1) is 11.8 Å². The maximum absolute atomic E-state index is 11.9. The van der Waals surface area contributed by atoms with Crippen LogP contribution in [0.2, 0.25) is 0 Å². The van der Waals surface area contributed by atoms with E-state index in [0.717, 1.165) is 62.9 Å². The third-order valence-corrected chi connectivity index (χ3v) is 5.59. The largest absolute Gasteiger partial charge is 0.355 e. The molecule has 0 aromatic carbocycles. The Bertz CT molecular complexity index is 552. The molecule has 24 heavy (non-hydrogen) atoms. The zero-order chi connectivity index (χ0) is 16.9. The van der Waals surface area contributed by atoms with Crippen LogP contribution in [-0.4, -0.2) is 51.8 Å². The van der Waals surface area contributed by atoms with Crippen LogP contribution in [0.4, 0.5) is 0 Å². The zero-order valence-electron chi connectivity index (χ0n) is 15.1. The lowest BCUT2D eigenvalue weighted by atomic mass is 9.85. The Labute approximate surface area is 145 Å². The van der Waals surface area contributed by atoms with Crippen LogP contribution in [0.25, 0.3) is 0 Å². The van der Waals surface area contributed by atoms with Gasteiger partial charge in [0.15, 0.2) is 0 Å². The number of fused-ring (bicyclic) bond motifs is 1. The molecule has 1 N–H and O–H groups in total. The molecule has 1 aliphatic heterocycles. The third-order valence-electron chi connectivity index (χ3n) is 5.59. The van der Waals surface area contributed by atoms with Gasteiger partial charge in [-0.3, -0.25) is 4.79 Å². The molecule has 1 atom stereocenters. The molecule has 0 bridgehead atoms. The molecular formula is C18H31N5O. The van der Waals surface area contributed by atoms with Gasteiger partial charge in [0, 0.05) is 51.5 Å². The van der Waals surface area contributed by atoms with E-state index in [1.54, 1.807) is 0 Å². The van der Waals surface area contributed by atoms with Crippen molar-refractivity contribution in [3.8, 4) is 0 Å². The van der Waals surface area contributed by atoms with Gasteiger partial charge in [0.1, 0.15) is 11.6 Å². The fourth-order valence-corrected chi connectivity index (χ4v) is 3.48. The topological polar surface area (TPSA) is 63.1 Å². The van der Waals surface area contributed by atoms with Crippen molar-refractivity contribution in [2.75, 3.05) is 26.2 Å². The first-order valence-electron chi connectivity index (χ1n) is 9.58. The van der Waals surface area contributed by atoms with E-state index in [4.69, 9.17) is 0 Å². The highest BCUT2D eigenvalue weighted by atomic mass is 16.1. The summed E-state index contributed by atoms with van der Waals surface area (Å²) in [7, 11) is 0. The van der Waals surface area contributed by atoms with Crippen LogP contribution >= 0.6 is 0 Å². The third kappa shape index (κ3) is 4.15. The first kappa shape index (κ1) is 17.4. The van der Waals surface area contributed by atoms with E-state index in [9.17, 15) is 4.79 Å². The lowest BCUT2D eigenvalue weighted by Gasteiger charge is -2.24. The molecule has 2 heterocycles. The number of aromatic nitrogens is 3. The van der Waals surface area contributed by atoms with Crippen molar-refractivity contribution in [1.82, 2.24) is 25.0 Å². The molecule has 1 fully saturated rings. The minimum atomic E-state index is 0.219. The standard InChI is InChI=1S/C18H31N5O/c1-3-14(2)13-22-10-8-17-21-20-16(23(17)12-11-22)7-9-19-18(24)15-5-4-6-15/h14-15H,3-13H2,1-2H3,(H,19,24)/t14-/m1/s1. The van der Waals surface area contributed by atoms with Crippen molar-refractivity contribution in [3.63, 3.8) is 0 Å². The molecule has 1 saturated carbocycles. The van der Waals surface area contributed by atoms with Crippen LogP contribution in [0.5, 0.6) is 0 Å². The van der Waals surface area contributed by atoms with Crippen molar-refractivity contribution >= 4 is 5.91 Å². The molecule has 2 aliphatic rings. The van der Waals surface area contributed by atoms with E-state index in [2.05, 4.69) is 38.8 Å². The van der Waals surface area contributed by atoms with Crippen LogP contribution in [0.1, 0.15) is 51.2 Å². The summed E-state index contributed by atoms with van der Waals surface area (Å²) >= 11 is 0. The Morgan fingerprint density at radius 2 is 2.12 bits per heavy atom. The van der Waals surface area contributed by atoms with Crippen LogP contribution in [0.3, 0.4) is 0 Å². The predicted molar refractivity (Wildman–Crippen MR) is 93.7 cm³/mol. The van der Waals surface area contributed by atoms with Gasteiger partial charge in [-0.05, 0) is 18.8 Å². The summed E-state index contributed by atoms with van der Waals surface area (Å²) in [5.41, 5.74) is 0. The van der Waals surface area contributed by atoms with Gasteiger partial charge in [-0.15, -0.1) is 10.2 Å². The van der Waals surface area contributed by atoms with E-state index in [0.29, 0.717) is 6.54 Å². The summed E-state index contributed by atoms with van der Waals surface area (Å²) in [5.74, 6) is 3.34. The van der Waals surface area contributed by atoms with Crippen LogP contribution in [-0.2, 0) is 24.2 Å². The Morgan fingerprint density at radius 3 is 2.83 bits per heavy atom. The second-order valence-electron chi connectivity index (χ2n) is 7.42. The van der Waals surface area contributed by atoms with Gasteiger partial charge in [-0.25, -0.2) is 0 Å². The fourth-order valence-electron chi connectivity index (χ4n) is 3.48. The molecule has 0 radical (unpaired) electrons. The van der Waals surface area contributed by atoms with Gasteiger partial charge in [0.2, 0.25) is 5.91 Å². The SMILES string of the molecule is CC[C@@H](C)CN1CCc2nnc(CCNC(=O)C3CCC3)n2CC1. The van der Waals surface area contributed by atoms with Crippen molar-refractivity contribution < 1.29 is 4.79 Å². The van der Waals surface area contributed by atoms with E-state index >= 15 is 0 Å². The molecule has 1 aliphatic carbocycles. The Balaban J connectivity index is 1.49. The number of nitrogens with one attached hydrogen (secondary N) is 1. The molecule has 3 rings (SSSR count). The molecule has 1 aromatic heterocycles. The Kier molecular flexibility index (Phi) is 5.87. The summed E-state index contributed by atoms with van der Waals surface area (Å²) in [6, 6.07) is 0. The molecule has 134 valence electrons. The van der Waals surface area contributed by atoms with Crippen molar-refractivity contribution in [2.45, 2.75) is 58.9 Å². The molecule has 1 amide bonds. The maximum atomic E-state index is 11.9. The lowest BCUT2D eigenvalue weighted by Crippen LogP contribution is -2.35. The lowest BCUT2D eigenvalue weighted by molar-refractivity contribution is -0.127. The molecule has 0 unspecified atom stereocenters. The Hall–Kier alpha value is -1.43. The van der Waals surface area contributed by atoms with Gasteiger partial charge < -0.3 is 14.8 Å². The van der Waals surface area contributed by atoms with Crippen molar-refractivity contribution in [3.05, 3.63) is 11.6 Å². The van der Waals surface area contributed by atoms with Crippen LogP contribution in [0.15, 0.2) is 0 Å². The predicted octanol–water partition coefficient (Wildman–Crippen LogP) is 1.64. The Morgan fingerprint density at radius 1 is 1.29 bits per heavy atom. The van der Waals surface area contributed by atoms with Gasteiger partial charge in [-0.2, -0.15) is 0 Å². The molecule has 6 heteroatoms. The summed E-state index contributed by atoms with van der Waals surface area (Å²) in [6.07, 6.45) is 6.28. The van der Waals surface area contributed by atoms with Crippen molar-refractivity contribution in [1.29, 1.82) is 0 Å². The highest BCUT2D eigenvalue weighted by molar-refractivity contribution is 5.79. The highest BCUT2D eigenvalue weighted by Gasteiger charge is 2.25. The second-order valence-corrected chi connectivity index (χ2v) is 7.42. The summed E-state index contributed by atoms with van der Waals surface area (Å²) < 4.78 is 2.27. The van der Waals surface area contributed by atoms with E-state index in [-0.39, 0.29) is 11.8 Å². The van der Waals surface area contributed by atoms with E-state index in [1.165, 1.54) is 19.4 Å². The molecule has 1 aromatic rings. The monoisotopic (exact) mass is 333 g/mol. The average Bonchev–Trinajstić information content (AvgIpc) is 2.79. The van der Waals surface area contributed by atoms with E-state index < -0.39 is 0 Å². The number of amides is 1. The number of carbonyl (C=O) groups is 1. The minimum absolute atomic E-state index is 0.219. The first-order chi connectivity index (χ1) is 11.7. The average molecular weight is 333 g/mol. The first-order valence-corrected chi connectivity index (χ1v) is 9.58. The van der Waals surface area contributed by atoms with Gasteiger partial charge >= 0.3 is 0 Å². The van der Waals surface area contributed by atoms with Gasteiger partial charge in [-0.1, -0.05) is 26.7 Å². The van der Waals surface area contributed by atoms with Gasteiger partial charge in [0.05, 0.1) is 0 Å². The summed E-state index contributed by atoms with van der Waals surface area (Å²) in [4.78, 5) is 14.5. The molecule has 6 nitrogen and oxygen atoms in total. The molecular weight excluding hydrogens is 302 g/mol. The quantitative estimate of drug-likeness (QED) is 0.824. The number of hydrogen-bond donors (Lipinski definition) is 1. The van der Waals surface area contributed by atoms with Crippen LogP contribution < -0.4 is 5.32 Å². The number of hydrogen-bond acceptors (Lipinski definition) is 4. The number of nitrogens with zero attached hydrogens (tertiary/aromatic N) is 4. The fraction of sp³-hybridized carbons (Fsp3) is 0.833. The maximum Gasteiger partial charge on any atom is 0.223 e. The second kappa shape index (κ2) is 8.10. The molecule has 0 spiro atoms. The van der Waals surface area contributed by atoms with Crippen molar-refractivity contribution in [2.24, 2.45) is 11.8 Å². The van der Waals surface area contributed by atoms with Gasteiger partial charge in [0.25, 0.3) is 0 Å². The normalized spacial score (nSPS) is 20.1. The molecule has 0 saturated heterocycles. The number of rotatable bonds is 7. The van der Waals surface area contributed by atoms with E-state index in [1.807, 2.05) is 0 Å². The summed E-state index contributed by atoms with van der Waals surface area (Å²) in [5, 5.41) is 11.8. The summed E-state index contributed by atoms with van der Waals surface area (Å²) in [6.45, 7) is 9.52. The highest BCUT2D eigenvalue weighted by Crippen LogP contribution is 2.26. The minimum Gasteiger partial charge on any atom is -0.355 e. The number of carbonyl (C=O) groups excluding carboxylic acids is 1. The zero-order valence-corrected chi connectivity index (χ0v) is 15.1. The smallest absolute Gasteiger partial charge is 0.223 e.